The number of β-amino-alcohol motifs (C(OH)–C–C–N with tert-alkyl or cyclic N) is 1. The van der Waals surface area contributed by atoms with Crippen LogP contribution in [0.4, 0.5) is 0 Å². The van der Waals surface area contributed by atoms with Crippen molar-refractivity contribution < 1.29 is 5.11 Å². The molecule has 0 aromatic carbocycles. The molecule has 2 rings (SSSR count). The molecule has 1 aliphatic heterocycles. The second kappa shape index (κ2) is 4.38. The average Bonchev–Trinajstić information content (AvgIpc) is 2.56. The van der Waals surface area contributed by atoms with Crippen LogP contribution in [0, 0.1) is 0 Å². The Labute approximate surface area is 91.9 Å². The van der Waals surface area contributed by atoms with E-state index in [0.29, 0.717) is 0 Å². The molecule has 1 fully saturated rings. The van der Waals surface area contributed by atoms with E-state index in [1.165, 1.54) is 5.56 Å². The molecule has 0 amide bonds. The molecule has 1 atom stereocenters. The highest BCUT2D eigenvalue weighted by Gasteiger charge is 2.19. The summed E-state index contributed by atoms with van der Waals surface area (Å²) in [5, 5.41) is 9.36. The zero-order valence-electron chi connectivity index (χ0n) is 7.86. The molecule has 76 valence electrons. The maximum Gasteiger partial charge on any atom is 0.106 e. The van der Waals surface area contributed by atoms with E-state index in [1.807, 2.05) is 12.3 Å². The summed E-state index contributed by atoms with van der Waals surface area (Å²) in [7, 11) is 0. The van der Waals surface area contributed by atoms with Crippen LogP contribution in [-0.4, -0.2) is 34.2 Å². The number of aliphatic hydroxyl groups excluding tert-OH is 1. The predicted molar refractivity (Wildman–Crippen MR) is 57.8 cm³/mol. The summed E-state index contributed by atoms with van der Waals surface area (Å²) in [4.78, 5) is 6.41. The van der Waals surface area contributed by atoms with Crippen LogP contribution in [0.25, 0.3) is 0 Å². The third kappa shape index (κ3) is 2.53. The van der Waals surface area contributed by atoms with Gasteiger partial charge in [0.05, 0.1) is 6.10 Å². The van der Waals surface area contributed by atoms with Gasteiger partial charge in [-0.05, 0) is 34.0 Å². The number of hydrogen-bond donors (Lipinski definition) is 1. The SMILES string of the molecule is O[C@@H]1CCN(Cc2ccc(Br)nc2)C1. The molecule has 0 bridgehead atoms. The predicted octanol–water partition coefficient (Wildman–Crippen LogP) is 1.41. The molecular formula is C10H13BrN2O. The van der Waals surface area contributed by atoms with Crippen LogP contribution in [0.1, 0.15) is 12.0 Å². The molecule has 0 unspecified atom stereocenters. The number of halogens is 1. The van der Waals surface area contributed by atoms with Crippen molar-refractivity contribution in [2.45, 2.75) is 19.1 Å². The van der Waals surface area contributed by atoms with E-state index in [2.05, 4.69) is 31.9 Å². The van der Waals surface area contributed by atoms with Crippen LogP contribution in [0.15, 0.2) is 22.9 Å². The van der Waals surface area contributed by atoms with Gasteiger partial charge in [0, 0.05) is 25.8 Å². The first kappa shape index (κ1) is 10.1. The highest BCUT2D eigenvalue weighted by atomic mass is 79.9. The minimum absolute atomic E-state index is 0.140. The van der Waals surface area contributed by atoms with Crippen molar-refractivity contribution in [1.82, 2.24) is 9.88 Å². The molecule has 14 heavy (non-hydrogen) atoms. The lowest BCUT2D eigenvalue weighted by Crippen LogP contribution is -2.21. The van der Waals surface area contributed by atoms with Gasteiger partial charge in [0.25, 0.3) is 0 Å². The lowest BCUT2D eigenvalue weighted by atomic mass is 10.3. The van der Waals surface area contributed by atoms with Crippen molar-refractivity contribution in [1.29, 1.82) is 0 Å². The number of likely N-dealkylation sites (tertiary alicyclic amines) is 1. The zero-order valence-corrected chi connectivity index (χ0v) is 9.44. The van der Waals surface area contributed by atoms with E-state index in [1.54, 1.807) is 0 Å². The van der Waals surface area contributed by atoms with Crippen molar-refractivity contribution in [2.24, 2.45) is 0 Å². The van der Waals surface area contributed by atoms with Gasteiger partial charge in [-0.2, -0.15) is 0 Å². The van der Waals surface area contributed by atoms with Crippen LogP contribution in [0.2, 0.25) is 0 Å². The summed E-state index contributed by atoms with van der Waals surface area (Å²) < 4.78 is 0.864. The van der Waals surface area contributed by atoms with E-state index in [0.717, 1.165) is 30.7 Å². The number of aromatic nitrogens is 1. The molecule has 1 aromatic rings. The minimum Gasteiger partial charge on any atom is -0.392 e. The third-order valence-electron chi connectivity index (χ3n) is 2.44. The molecular weight excluding hydrogens is 244 g/mol. The normalized spacial score (nSPS) is 22.9. The highest BCUT2D eigenvalue weighted by molar-refractivity contribution is 9.10. The Kier molecular flexibility index (Phi) is 3.15. The Morgan fingerprint density at radius 1 is 1.57 bits per heavy atom. The molecule has 1 aliphatic rings. The molecule has 0 aliphatic carbocycles. The smallest absolute Gasteiger partial charge is 0.106 e. The lowest BCUT2D eigenvalue weighted by Gasteiger charge is -2.14. The van der Waals surface area contributed by atoms with E-state index in [-0.39, 0.29) is 6.10 Å². The van der Waals surface area contributed by atoms with Crippen LogP contribution in [-0.2, 0) is 6.54 Å². The monoisotopic (exact) mass is 256 g/mol. The van der Waals surface area contributed by atoms with Gasteiger partial charge < -0.3 is 5.11 Å². The Hall–Kier alpha value is -0.450. The summed E-state index contributed by atoms with van der Waals surface area (Å²) in [5.74, 6) is 0. The average molecular weight is 257 g/mol. The topological polar surface area (TPSA) is 36.4 Å². The first-order valence-corrected chi connectivity index (χ1v) is 5.54. The standard InChI is InChI=1S/C10H13BrN2O/c11-10-2-1-8(5-12-10)6-13-4-3-9(14)7-13/h1-2,5,9,14H,3-4,6-7H2/t9-/m1/s1. The first-order chi connectivity index (χ1) is 6.74. The van der Waals surface area contributed by atoms with E-state index < -0.39 is 0 Å². The quantitative estimate of drug-likeness (QED) is 0.814. The summed E-state index contributed by atoms with van der Waals surface area (Å²) >= 11 is 3.30. The van der Waals surface area contributed by atoms with Crippen LogP contribution >= 0.6 is 15.9 Å². The van der Waals surface area contributed by atoms with Crippen LogP contribution in [0.3, 0.4) is 0 Å². The fourth-order valence-corrected chi connectivity index (χ4v) is 1.95. The van der Waals surface area contributed by atoms with Gasteiger partial charge in [-0.25, -0.2) is 4.98 Å². The van der Waals surface area contributed by atoms with Gasteiger partial charge in [0.15, 0.2) is 0 Å². The van der Waals surface area contributed by atoms with Crippen molar-refractivity contribution in [3.63, 3.8) is 0 Å². The zero-order chi connectivity index (χ0) is 9.97. The summed E-state index contributed by atoms with van der Waals surface area (Å²) in [6, 6.07) is 4.00. The van der Waals surface area contributed by atoms with Crippen molar-refractivity contribution in [3.8, 4) is 0 Å². The maximum absolute atomic E-state index is 9.36. The second-order valence-electron chi connectivity index (χ2n) is 3.67. The molecule has 1 N–H and O–H groups in total. The summed E-state index contributed by atoms with van der Waals surface area (Å²) in [5.41, 5.74) is 1.20. The number of hydrogen-bond acceptors (Lipinski definition) is 3. The van der Waals surface area contributed by atoms with Gasteiger partial charge in [0.1, 0.15) is 4.60 Å². The number of aliphatic hydroxyl groups is 1. The largest absolute Gasteiger partial charge is 0.392 e. The number of pyridine rings is 1. The van der Waals surface area contributed by atoms with Crippen molar-refractivity contribution in [2.75, 3.05) is 13.1 Å². The van der Waals surface area contributed by atoms with E-state index in [4.69, 9.17) is 0 Å². The molecule has 1 saturated heterocycles. The molecule has 4 heteroatoms. The highest BCUT2D eigenvalue weighted by Crippen LogP contribution is 2.13. The molecule has 3 nitrogen and oxygen atoms in total. The van der Waals surface area contributed by atoms with Gasteiger partial charge in [-0.15, -0.1) is 0 Å². The number of nitrogens with zero attached hydrogens (tertiary/aromatic N) is 2. The van der Waals surface area contributed by atoms with Gasteiger partial charge in [0.2, 0.25) is 0 Å². The molecule has 2 heterocycles. The Morgan fingerprint density at radius 2 is 2.43 bits per heavy atom. The van der Waals surface area contributed by atoms with Gasteiger partial charge in [-0.1, -0.05) is 6.07 Å². The van der Waals surface area contributed by atoms with Crippen molar-refractivity contribution >= 4 is 15.9 Å². The van der Waals surface area contributed by atoms with Gasteiger partial charge >= 0.3 is 0 Å². The van der Waals surface area contributed by atoms with E-state index in [9.17, 15) is 5.11 Å². The molecule has 0 spiro atoms. The van der Waals surface area contributed by atoms with Crippen LogP contribution < -0.4 is 0 Å². The summed E-state index contributed by atoms with van der Waals surface area (Å²) in [6.45, 7) is 2.66. The molecule has 0 saturated carbocycles. The van der Waals surface area contributed by atoms with Gasteiger partial charge in [-0.3, -0.25) is 4.90 Å². The molecule has 1 aromatic heterocycles. The van der Waals surface area contributed by atoms with E-state index >= 15 is 0 Å². The van der Waals surface area contributed by atoms with Crippen LogP contribution in [0.5, 0.6) is 0 Å². The fraction of sp³-hybridized carbons (Fsp3) is 0.500. The minimum atomic E-state index is -0.140. The first-order valence-electron chi connectivity index (χ1n) is 4.75. The summed E-state index contributed by atoms with van der Waals surface area (Å²) in [6.07, 6.45) is 2.62. The Balaban J connectivity index is 1.94. The maximum atomic E-state index is 9.36. The van der Waals surface area contributed by atoms with Crippen molar-refractivity contribution in [3.05, 3.63) is 28.5 Å². The second-order valence-corrected chi connectivity index (χ2v) is 4.48. The lowest BCUT2D eigenvalue weighted by molar-refractivity contribution is 0.174. The number of rotatable bonds is 2. The Morgan fingerprint density at radius 3 is 3.00 bits per heavy atom. The Bertz CT molecular complexity index is 301. The third-order valence-corrected chi connectivity index (χ3v) is 2.91. The fourth-order valence-electron chi connectivity index (χ4n) is 1.71. The molecule has 0 radical (unpaired) electrons.